The lowest BCUT2D eigenvalue weighted by Crippen LogP contribution is -2.09. The highest BCUT2D eigenvalue weighted by atomic mass is 32.2. The van der Waals surface area contributed by atoms with Crippen molar-refractivity contribution in [2.45, 2.75) is 31.8 Å². The first-order valence-corrected chi connectivity index (χ1v) is 10.4. The third-order valence-electron chi connectivity index (χ3n) is 4.12. The molecule has 1 aliphatic carbocycles. The van der Waals surface area contributed by atoms with Crippen molar-refractivity contribution >= 4 is 21.1 Å². The van der Waals surface area contributed by atoms with Crippen LogP contribution >= 0.6 is 0 Å². The zero-order valence-corrected chi connectivity index (χ0v) is 16.7. The molecule has 0 saturated heterocycles. The van der Waals surface area contributed by atoms with Gasteiger partial charge in [0.05, 0.1) is 6.10 Å². The van der Waals surface area contributed by atoms with E-state index in [-0.39, 0.29) is 23.9 Å². The summed E-state index contributed by atoms with van der Waals surface area (Å²) in [7, 11) is -2.48. The largest absolute Gasteiger partial charge is 0.446 e. The number of para-hydroxylation sites is 1. The Morgan fingerprint density at radius 1 is 1.17 bits per heavy atom. The molecule has 0 heterocycles. The van der Waals surface area contributed by atoms with Crippen LogP contribution in [0.3, 0.4) is 0 Å². The number of benzene rings is 1. The smallest absolute Gasteiger partial charge is 0.253 e. The molecule has 29 heavy (non-hydrogen) atoms. The molecule has 1 aromatic rings. The van der Waals surface area contributed by atoms with Gasteiger partial charge in [-0.2, -0.15) is 8.42 Å². The quantitative estimate of drug-likeness (QED) is 0.474. The van der Waals surface area contributed by atoms with E-state index in [1.807, 2.05) is 6.07 Å². The molecule has 1 aromatic carbocycles. The maximum Gasteiger partial charge on any atom is 0.253 e. The Kier molecular flexibility index (Phi) is 9.30. The second-order valence-electron chi connectivity index (χ2n) is 6.32. The zero-order chi connectivity index (χ0) is 21.1. The first-order valence-electron chi connectivity index (χ1n) is 9.29. The maximum atomic E-state index is 12.0. The topological polar surface area (TPSA) is 101 Å². The van der Waals surface area contributed by atoms with Gasteiger partial charge in [0.2, 0.25) is 5.05 Å². The molecule has 0 radical (unpaired) electrons. The van der Waals surface area contributed by atoms with E-state index >= 15 is 0 Å². The zero-order valence-electron chi connectivity index (χ0n) is 15.9. The van der Waals surface area contributed by atoms with Crippen LogP contribution in [0, 0.1) is 0 Å². The van der Waals surface area contributed by atoms with Crippen LogP contribution in [0.4, 0.5) is 0 Å². The molecule has 1 atom stereocenters. The van der Waals surface area contributed by atoms with Gasteiger partial charge in [-0.15, -0.1) is 0 Å². The Morgan fingerprint density at radius 3 is 2.62 bits per heavy atom. The number of carbonyl (C=O) groups excluding carboxylic acids is 1. The fourth-order valence-corrected chi connectivity index (χ4v) is 3.10. The molecule has 2 N–H and O–H groups in total. The van der Waals surface area contributed by atoms with Crippen molar-refractivity contribution in [3.8, 4) is 5.75 Å². The average molecular weight is 416 g/mol. The summed E-state index contributed by atoms with van der Waals surface area (Å²) in [5, 5.41) is 18.4. The standard InChI is InChI=1S/C22H24O6S/c23-16-6-9-18(24)8-5-12-20-17(14-15-21(20)25)7-4-13-22(29(26)27)28-19-10-2-1-3-11-19/h1-3,5,7-8,10-12,14-15,18,23-24H,4,6,9,13,16H2. The summed E-state index contributed by atoms with van der Waals surface area (Å²) in [4.78, 5) is 12.0. The monoisotopic (exact) mass is 416 g/mol. The highest BCUT2D eigenvalue weighted by Crippen LogP contribution is 2.22. The number of rotatable bonds is 9. The Bertz CT molecular complexity index is 944. The Labute approximate surface area is 171 Å². The van der Waals surface area contributed by atoms with E-state index in [1.54, 1.807) is 54.6 Å². The Balaban J connectivity index is 2.01. The molecule has 0 amide bonds. The van der Waals surface area contributed by atoms with Crippen molar-refractivity contribution in [3.63, 3.8) is 0 Å². The van der Waals surface area contributed by atoms with Crippen molar-refractivity contribution in [2.24, 2.45) is 0 Å². The highest BCUT2D eigenvalue weighted by molar-refractivity contribution is 7.72. The lowest BCUT2D eigenvalue weighted by molar-refractivity contribution is -0.110. The Morgan fingerprint density at radius 2 is 1.93 bits per heavy atom. The average Bonchev–Trinajstić information content (AvgIpc) is 3.06. The number of carbonyl (C=O) groups is 1. The SMILES string of the molecule is O=C1C=CC(=CCCC(Oc2ccccc2)=S(=O)=O)C1=CC=CC(O)CCCO. The van der Waals surface area contributed by atoms with Crippen molar-refractivity contribution < 1.29 is 28.2 Å². The van der Waals surface area contributed by atoms with E-state index in [9.17, 15) is 18.3 Å². The van der Waals surface area contributed by atoms with Gasteiger partial charge < -0.3 is 14.9 Å². The van der Waals surface area contributed by atoms with Gasteiger partial charge in [-0.25, -0.2) is 0 Å². The molecule has 6 nitrogen and oxygen atoms in total. The van der Waals surface area contributed by atoms with E-state index < -0.39 is 16.4 Å². The molecular weight excluding hydrogens is 392 g/mol. The third-order valence-corrected chi connectivity index (χ3v) is 4.78. The molecule has 7 heteroatoms. The molecule has 0 spiro atoms. The van der Waals surface area contributed by atoms with E-state index in [0.717, 1.165) is 0 Å². The van der Waals surface area contributed by atoms with Gasteiger partial charge in [-0.3, -0.25) is 4.79 Å². The van der Waals surface area contributed by atoms with Gasteiger partial charge in [0.15, 0.2) is 5.78 Å². The van der Waals surface area contributed by atoms with Crippen LogP contribution in [0.5, 0.6) is 5.75 Å². The molecule has 0 fully saturated rings. The van der Waals surface area contributed by atoms with Crippen LogP contribution in [0.15, 0.2) is 77.9 Å². The van der Waals surface area contributed by atoms with E-state index in [0.29, 0.717) is 36.2 Å². The van der Waals surface area contributed by atoms with Gasteiger partial charge in [-0.05, 0) is 43.0 Å². The molecule has 1 unspecified atom stereocenters. The molecule has 0 aliphatic heterocycles. The summed E-state index contributed by atoms with van der Waals surface area (Å²) in [5.41, 5.74) is 1.17. The summed E-state index contributed by atoms with van der Waals surface area (Å²) in [6.45, 7) is 0.0163. The minimum Gasteiger partial charge on any atom is -0.446 e. The molecule has 2 rings (SSSR count). The highest BCUT2D eigenvalue weighted by Gasteiger charge is 2.16. The van der Waals surface area contributed by atoms with Gasteiger partial charge in [0.25, 0.3) is 10.3 Å². The number of aliphatic hydroxyl groups excluding tert-OH is 2. The molecule has 0 saturated carbocycles. The third kappa shape index (κ3) is 7.65. The summed E-state index contributed by atoms with van der Waals surface area (Å²) in [6, 6.07) is 8.66. The van der Waals surface area contributed by atoms with Gasteiger partial charge in [0, 0.05) is 18.6 Å². The number of aliphatic hydroxyl groups is 2. The molecular formula is C22H24O6S. The number of ether oxygens (including phenoxy) is 1. The lowest BCUT2D eigenvalue weighted by Gasteiger charge is -2.05. The molecule has 0 bridgehead atoms. The number of allylic oxidation sites excluding steroid dienone is 7. The normalized spacial score (nSPS) is 17.4. The van der Waals surface area contributed by atoms with Crippen molar-refractivity contribution in [2.75, 3.05) is 6.61 Å². The van der Waals surface area contributed by atoms with Crippen LogP contribution in [0.1, 0.15) is 25.7 Å². The van der Waals surface area contributed by atoms with Crippen LogP contribution < -0.4 is 4.74 Å². The van der Waals surface area contributed by atoms with Crippen molar-refractivity contribution in [1.29, 1.82) is 0 Å². The number of hydrogen-bond acceptors (Lipinski definition) is 6. The number of hydrogen-bond donors (Lipinski definition) is 2. The summed E-state index contributed by atoms with van der Waals surface area (Å²) in [5.74, 6) is 0.295. The minimum absolute atomic E-state index is 0.0163. The first-order chi connectivity index (χ1) is 14.0. The van der Waals surface area contributed by atoms with Gasteiger partial charge in [-0.1, -0.05) is 48.6 Å². The van der Waals surface area contributed by atoms with Crippen LogP contribution in [0.2, 0.25) is 0 Å². The molecule has 154 valence electrons. The van der Waals surface area contributed by atoms with E-state index in [1.165, 1.54) is 6.08 Å². The summed E-state index contributed by atoms with van der Waals surface area (Å²) >= 11 is 0. The lowest BCUT2D eigenvalue weighted by atomic mass is 10.1. The molecule has 1 aliphatic rings. The minimum atomic E-state index is -2.48. The molecule has 0 aromatic heterocycles. The predicted molar refractivity (Wildman–Crippen MR) is 112 cm³/mol. The van der Waals surface area contributed by atoms with Crippen LogP contribution in [0.25, 0.3) is 0 Å². The van der Waals surface area contributed by atoms with Gasteiger partial charge in [0.1, 0.15) is 5.75 Å². The first kappa shape index (κ1) is 22.5. The fraction of sp³-hybridized carbons (Fsp3) is 0.273. The van der Waals surface area contributed by atoms with Crippen molar-refractivity contribution in [1.82, 2.24) is 0 Å². The van der Waals surface area contributed by atoms with Crippen LogP contribution in [-0.2, 0) is 15.1 Å². The summed E-state index contributed by atoms with van der Waals surface area (Å²) in [6.07, 6.45) is 10.5. The maximum absolute atomic E-state index is 12.0. The second kappa shape index (κ2) is 12.0. The number of ketones is 1. The van der Waals surface area contributed by atoms with Crippen molar-refractivity contribution in [3.05, 3.63) is 77.9 Å². The Hall–Kier alpha value is -2.74. The predicted octanol–water partition coefficient (Wildman–Crippen LogP) is 2.54. The summed E-state index contributed by atoms with van der Waals surface area (Å²) < 4.78 is 28.3. The van der Waals surface area contributed by atoms with E-state index in [2.05, 4.69) is 0 Å². The van der Waals surface area contributed by atoms with Crippen LogP contribution in [-0.4, -0.2) is 42.2 Å². The fourth-order valence-electron chi connectivity index (χ4n) is 2.65. The van der Waals surface area contributed by atoms with E-state index in [4.69, 9.17) is 9.84 Å². The van der Waals surface area contributed by atoms with Gasteiger partial charge >= 0.3 is 0 Å². The second-order valence-corrected chi connectivity index (χ2v) is 7.24.